The van der Waals surface area contributed by atoms with E-state index in [9.17, 15) is 23.1 Å². The van der Waals surface area contributed by atoms with Crippen molar-refractivity contribution in [2.75, 3.05) is 6.61 Å². The summed E-state index contributed by atoms with van der Waals surface area (Å²) in [5.41, 5.74) is -0.905. The summed E-state index contributed by atoms with van der Waals surface area (Å²) in [6.07, 6.45) is -6.34. The Morgan fingerprint density at radius 2 is 2.00 bits per heavy atom. The Hall–Kier alpha value is -1.80. The highest BCUT2D eigenvalue weighted by atomic mass is 19.4. The Morgan fingerprint density at radius 1 is 1.33 bits per heavy atom. The van der Waals surface area contributed by atoms with E-state index >= 15 is 0 Å². The first-order chi connectivity index (χ1) is 11.0. The zero-order chi connectivity index (χ0) is 18.1. The van der Waals surface area contributed by atoms with Crippen molar-refractivity contribution in [3.63, 3.8) is 0 Å². The fourth-order valence-electron chi connectivity index (χ4n) is 2.41. The van der Waals surface area contributed by atoms with E-state index < -0.39 is 35.6 Å². The van der Waals surface area contributed by atoms with E-state index in [2.05, 4.69) is 5.32 Å². The number of aliphatic hydroxyl groups excluding tert-OH is 1. The van der Waals surface area contributed by atoms with Crippen molar-refractivity contribution in [3.8, 4) is 0 Å². The van der Waals surface area contributed by atoms with E-state index in [0.717, 1.165) is 12.1 Å². The summed E-state index contributed by atoms with van der Waals surface area (Å²) in [6, 6.07) is 2.22. The molecule has 0 aliphatic carbocycles. The zero-order valence-electron chi connectivity index (χ0n) is 13.6. The van der Waals surface area contributed by atoms with Gasteiger partial charge in [-0.05, 0) is 44.0 Å². The first kappa shape index (κ1) is 18.5. The third-order valence-electron chi connectivity index (χ3n) is 3.41. The molecule has 1 amide bonds. The molecule has 24 heavy (non-hydrogen) atoms. The van der Waals surface area contributed by atoms with Crippen LogP contribution in [0.15, 0.2) is 18.2 Å². The van der Waals surface area contributed by atoms with Crippen molar-refractivity contribution in [2.24, 2.45) is 0 Å². The second kappa shape index (κ2) is 6.60. The molecule has 0 bridgehead atoms. The number of alkyl halides is 3. The molecule has 0 fully saturated rings. The molecule has 2 unspecified atom stereocenters. The van der Waals surface area contributed by atoms with Crippen LogP contribution in [0.4, 0.5) is 18.0 Å². The topological polar surface area (TPSA) is 67.8 Å². The Labute approximate surface area is 137 Å². The third kappa shape index (κ3) is 4.61. The van der Waals surface area contributed by atoms with Crippen molar-refractivity contribution in [2.45, 2.75) is 51.3 Å². The van der Waals surface area contributed by atoms with E-state index in [1.165, 1.54) is 6.07 Å². The number of amides is 1. The molecule has 0 spiro atoms. The molecule has 0 aromatic heterocycles. The van der Waals surface area contributed by atoms with Gasteiger partial charge in [0.1, 0.15) is 11.7 Å². The number of alkyl carbamates (subject to hydrolysis) is 1. The monoisotopic (exact) mass is 347 g/mol. The minimum absolute atomic E-state index is 0.0805. The quantitative estimate of drug-likeness (QED) is 0.819. The molecular weight excluding hydrogens is 327 g/mol. The van der Waals surface area contributed by atoms with Gasteiger partial charge >= 0.3 is 12.3 Å². The predicted octanol–water partition coefficient (Wildman–Crippen LogP) is 3.16. The number of benzene rings is 1. The Balaban J connectivity index is 2.30. The normalized spacial score (nSPS) is 21.6. The SMILES string of the molecule is CC(C)(C)OC(=O)NC1c2ccc(C(F)(F)F)cc2COCC1O. The maximum absolute atomic E-state index is 12.8. The molecule has 1 heterocycles. The van der Waals surface area contributed by atoms with Crippen LogP contribution in [-0.2, 0) is 22.3 Å². The van der Waals surface area contributed by atoms with Gasteiger partial charge < -0.3 is 19.9 Å². The molecule has 0 radical (unpaired) electrons. The molecule has 0 saturated carbocycles. The summed E-state index contributed by atoms with van der Waals surface area (Å²) in [6.45, 7) is 4.85. The molecule has 2 N–H and O–H groups in total. The Bertz CT molecular complexity index is 610. The Kier molecular flexibility index (Phi) is 5.10. The number of halogens is 3. The summed E-state index contributed by atoms with van der Waals surface area (Å²) >= 11 is 0. The van der Waals surface area contributed by atoms with E-state index in [1.54, 1.807) is 20.8 Å². The standard InChI is InChI=1S/C16H20F3NO4/c1-15(2,3)24-14(22)20-13-11-5-4-10(16(17,18)19)6-9(11)7-23-8-12(13)21/h4-6,12-13,21H,7-8H2,1-3H3,(H,20,22). The summed E-state index contributed by atoms with van der Waals surface area (Å²) in [5.74, 6) is 0. The van der Waals surface area contributed by atoms with Crippen LogP contribution >= 0.6 is 0 Å². The van der Waals surface area contributed by atoms with Crippen LogP contribution in [0.3, 0.4) is 0 Å². The molecule has 1 aromatic carbocycles. The third-order valence-corrected chi connectivity index (χ3v) is 3.41. The van der Waals surface area contributed by atoms with E-state index in [-0.39, 0.29) is 18.8 Å². The van der Waals surface area contributed by atoms with Crippen LogP contribution in [0.5, 0.6) is 0 Å². The van der Waals surface area contributed by atoms with Gasteiger partial charge in [-0.3, -0.25) is 0 Å². The van der Waals surface area contributed by atoms with Gasteiger partial charge in [0.2, 0.25) is 0 Å². The van der Waals surface area contributed by atoms with Crippen molar-refractivity contribution in [3.05, 3.63) is 34.9 Å². The van der Waals surface area contributed by atoms with Gasteiger partial charge in [-0.1, -0.05) is 6.07 Å². The fourth-order valence-corrected chi connectivity index (χ4v) is 2.41. The lowest BCUT2D eigenvalue weighted by Crippen LogP contribution is -2.40. The van der Waals surface area contributed by atoms with Crippen LogP contribution in [0.2, 0.25) is 0 Å². The van der Waals surface area contributed by atoms with E-state index in [1.807, 2.05) is 0 Å². The van der Waals surface area contributed by atoms with Crippen molar-refractivity contribution in [1.29, 1.82) is 0 Å². The van der Waals surface area contributed by atoms with E-state index in [0.29, 0.717) is 5.56 Å². The van der Waals surface area contributed by atoms with Crippen molar-refractivity contribution in [1.82, 2.24) is 5.32 Å². The number of aliphatic hydroxyl groups is 1. The molecule has 134 valence electrons. The van der Waals surface area contributed by atoms with Crippen molar-refractivity contribution >= 4 is 6.09 Å². The fraction of sp³-hybridized carbons (Fsp3) is 0.562. The van der Waals surface area contributed by atoms with Gasteiger partial charge in [0.25, 0.3) is 0 Å². The lowest BCUT2D eigenvalue weighted by molar-refractivity contribution is -0.137. The molecule has 2 rings (SSSR count). The largest absolute Gasteiger partial charge is 0.444 e. The highest BCUT2D eigenvalue weighted by Crippen LogP contribution is 2.34. The number of carbonyl (C=O) groups excluding carboxylic acids is 1. The molecule has 1 aromatic rings. The molecule has 0 saturated heterocycles. The zero-order valence-corrected chi connectivity index (χ0v) is 13.6. The number of rotatable bonds is 1. The van der Waals surface area contributed by atoms with E-state index in [4.69, 9.17) is 9.47 Å². The summed E-state index contributed by atoms with van der Waals surface area (Å²) in [5, 5.41) is 12.7. The molecule has 1 aliphatic heterocycles. The number of hydrogen-bond acceptors (Lipinski definition) is 4. The Morgan fingerprint density at radius 3 is 2.58 bits per heavy atom. The predicted molar refractivity (Wildman–Crippen MR) is 79.2 cm³/mol. The van der Waals surface area contributed by atoms with Crippen LogP contribution in [0, 0.1) is 0 Å². The maximum atomic E-state index is 12.8. The lowest BCUT2D eigenvalue weighted by atomic mass is 9.95. The molecular formula is C16H20F3NO4. The van der Waals surface area contributed by atoms with Crippen molar-refractivity contribution < 1.29 is 32.5 Å². The number of ether oxygens (including phenoxy) is 2. The number of nitrogens with one attached hydrogen (secondary N) is 1. The van der Waals surface area contributed by atoms with Crippen LogP contribution in [0.1, 0.15) is 43.5 Å². The summed E-state index contributed by atoms with van der Waals surface area (Å²) < 4.78 is 48.9. The van der Waals surface area contributed by atoms with Gasteiger partial charge in [0.05, 0.1) is 24.8 Å². The highest BCUT2D eigenvalue weighted by Gasteiger charge is 2.34. The molecule has 8 heteroatoms. The second-order valence-corrected chi connectivity index (χ2v) is 6.62. The number of hydrogen-bond donors (Lipinski definition) is 2. The average molecular weight is 347 g/mol. The smallest absolute Gasteiger partial charge is 0.416 e. The summed E-state index contributed by atoms with van der Waals surface area (Å²) in [4.78, 5) is 12.0. The highest BCUT2D eigenvalue weighted by molar-refractivity contribution is 5.68. The minimum atomic E-state index is -4.48. The maximum Gasteiger partial charge on any atom is 0.416 e. The van der Waals surface area contributed by atoms with Gasteiger partial charge in [0.15, 0.2) is 0 Å². The average Bonchev–Trinajstić information content (AvgIpc) is 2.55. The first-order valence-electron chi connectivity index (χ1n) is 7.43. The second-order valence-electron chi connectivity index (χ2n) is 6.62. The lowest BCUT2D eigenvalue weighted by Gasteiger charge is -2.26. The molecule has 1 aliphatic rings. The first-order valence-corrected chi connectivity index (χ1v) is 7.43. The van der Waals surface area contributed by atoms with Gasteiger partial charge in [0, 0.05) is 0 Å². The van der Waals surface area contributed by atoms with Gasteiger partial charge in [-0.25, -0.2) is 4.79 Å². The molecule has 2 atom stereocenters. The number of fused-ring (bicyclic) bond motifs is 1. The van der Waals surface area contributed by atoms with Crippen LogP contribution in [-0.4, -0.2) is 29.5 Å². The van der Waals surface area contributed by atoms with Gasteiger partial charge in [-0.15, -0.1) is 0 Å². The summed E-state index contributed by atoms with van der Waals surface area (Å²) in [7, 11) is 0. The minimum Gasteiger partial charge on any atom is -0.444 e. The van der Waals surface area contributed by atoms with Gasteiger partial charge in [-0.2, -0.15) is 13.2 Å². The molecule has 5 nitrogen and oxygen atoms in total. The van der Waals surface area contributed by atoms with Crippen LogP contribution < -0.4 is 5.32 Å². The number of carbonyl (C=O) groups is 1. The van der Waals surface area contributed by atoms with Crippen LogP contribution in [0.25, 0.3) is 0 Å².